The van der Waals surface area contributed by atoms with Gasteiger partial charge in [-0.25, -0.2) is 0 Å². The molecule has 0 aliphatic carbocycles. The van der Waals surface area contributed by atoms with E-state index in [1.54, 1.807) is 28.3 Å². The lowest BCUT2D eigenvalue weighted by atomic mass is 10.1. The van der Waals surface area contributed by atoms with Crippen LogP contribution in [0.1, 0.15) is 40.3 Å². The molecule has 120 valence electrons. The summed E-state index contributed by atoms with van der Waals surface area (Å²) < 4.78 is 1.73. The van der Waals surface area contributed by atoms with E-state index in [1.807, 2.05) is 26.2 Å². The topological polar surface area (TPSA) is 75.6 Å². The predicted molar refractivity (Wildman–Crippen MR) is 90.3 cm³/mol. The fraction of sp³-hybridized carbons (Fsp3) is 0.312. The molecule has 2 N–H and O–H groups in total. The van der Waals surface area contributed by atoms with Crippen LogP contribution < -0.4 is 5.32 Å². The highest BCUT2D eigenvalue weighted by molar-refractivity contribution is 7.15. The summed E-state index contributed by atoms with van der Waals surface area (Å²) in [4.78, 5) is 14.7. The SMILES string of the molecule is CCC(NC(=O)c1cc(-c2ccc(C)s2)[nH]n1)c1cnn(C)c1. The molecule has 0 saturated carbocycles. The number of carbonyl (C=O) groups is 1. The Kier molecular flexibility index (Phi) is 4.29. The monoisotopic (exact) mass is 329 g/mol. The molecule has 0 aliphatic heterocycles. The second-order valence-electron chi connectivity index (χ2n) is 5.46. The van der Waals surface area contributed by atoms with Crippen LogP contribution >= 0.6 is 11.3 Å². The molecule has 0 bridgehead atoms. The third-order valence-corrected chi connectivity index (χ3v) is 4.69. The second kappa shape index (κ2) is 6.37. The number of hydrogen-bond acceptors (Lipinski definition) is 4. The van der Waals surface area contributed by atoms with Gasteiger partial charge in [-0.05, 0) is 31.5 Å². The summed E-state index contributed by atoms with van der Waals surface area (Å²) >= 11 is 1.67. The summed E-state index contributed by atoms with van der Waals surface area (Å²) in [7, 11) is 1.86. The highest BCUT2D eigenvalue weighted by Gasteiger charge is 2.18. The van der Waals surface area contributed by atoms with Crippen LogP contribution in [-0.4, -0.2) is 25.9 Å². The van der Waals surface area contributed by atoms with Crippen LogP contribution in [0.4, 0.5) is 0 Å². The maximum atomic E-state index is 12.4. The Morgan fingerprint density at radius 2 is 2.30 bits per heavy atom. The Labute approximate surface area is 138 Å². The van der Waals surface area contributed by atoms with E-state index in [0.29, 0.717) is 5.69 Å². The van der Waals surface area contributed by atoms with Gasteiger partial charge in [0, 0.05) is 23.7 Å². The number of aryl methyl sites for hydroxylation is 2. The summed E-state index contributed by atoms with van der Waals surface area (Å²) in [5.41, 5.74) is 2.25. The molecule has 0 fully saturated rings. The molecule has 0 radical (unpaired) electrons. The molecule has 23 heavy (non-hydrogen) atoms. The third-order valence-electron chi connectivity index (χ3n) is 3.66. The van der Waals surface area contributed by atoms with Gasteiger partial charge in [-0.15, -0.1) is 11.3 Å². The summed E-state index contributed by atoms with van der Waals surface area (Å²) in [6.45, 7) is 4.08. The first kappa shape index (κ1) is 15.5. The fourth-order valence-electron chi connectivity index (χ4n) is 2.42. The first-order valence-electron chi connectivity index (χ1n) is 7.48. The van der Waals surface area contributed by atoms with Gasteiger partial charge in [0.25, 0.3) is 5.91 Å². The molecule has 0 saturated heterocycles. The minimum Gasteiger partial charge on any atom is -0.344 e. The van der Waals surface area contributed by atoms with E-state index in [4.69, 9.17) is 0 Å². The third kappa shape index (κ3) is 3.34. The van der Waals surface area contributed by atoms with Crippen molar-refractivity contribution in [3.63, 3.8) is 0 Å². The summed E-state index contributed by atoms with van der Waals surface area (Å²) in [5, 5.41) is 14.2. The van der Waals surface area contributed by atoms with Crippen molar-refractivity contribution >= 4 is 17.2 Å². The Morgan fingerprint density at radius 3 is 2.91 bits per heavy atom. The molecular formula is C16H19N5OS. The summed E-state index contributed by atoms with van der Waals surface area (Å²) in [6, 6.07) is 5.80. The number of aromatic nitrogens is 4. The van der Waals surface area contributed by atoms with Crippen molar-refractivity contribution in [3.8, 4) is 10.6 Å². The number of H-pyrrole nitrogens is 1. The van der Waals surface area contributed by atoms with Crippen molar-refractivity contribution in [1.82, 2.24) is 25.3 Å². The Bertz CT molecular complexity index is 816. The van der Waals surface area contributed by atoms with Gasteiger partial charge in [-0.1, -0.05) is 6.92 Å². The van der Waals surface area contributed by atoms with Gasteiger partial charge in [0.2, 0.25) is 0 Å². The van der Waals surface area contributed by atoms with Crippen LogP contribution in [0.25, 0.3) is 10.6 Å². The zero-order valence-corrected chi connectivity index (χ0v) is 14.1. The first-order valence-corrected chi connectivity index (χ1v) is 8.30. The van der Waals surface area contributed by atoms with Crippen molar-refractivity contribution in [1.29, 1.82) is 0 Å². The minimum absolute atomic E-state index is 0.0691. The molecule has 3 heterocycles. The quantitative estimate of drug-likeness (QED) is 0.755. The van der Waals surface area contributed by atoms with Gasteiger partial charge in [-0.3, -0.25) is 14.6 Å². The lowest BCUT2D eigenvalue weighted by molar-refractivity contribution is 0.0930. The number of hydrogen-bond donors (Lipinski definition) is 2. The second-order valence-corrected chi connectivity index (χ2v) is 6.75. The van der Waals surface area contributed by atoms with Gasteiger partial charge in [0.1, 0.15) is 0 Å². The zero-order chi connectivity index (χ0) is 16.4. The molecular weight excluding hydrogens is 310 g/mol. The lowest BCUT2D eigenvalue weighted by Crippen LogP contribution is -2.28. The molecule has 1 atom stereocenters. The average Bonchev–Trinajstić information content (AvgIpc) is 3.24. The van der Waals surface area contributed by atoms with Crippen molar-refractivity contribution < 1.29 is 4.79 Å². The van der Waals surface area contributed by atoms with Gasteiger partial charge in [-0.2, -0.15) is 10.2 Å². The predicted octanol–water partition coefficient (Wildman–Crippen LogP) is 3.06. The molecule has 1 amide bonds. The molecule has 3 rings (SSSR count). The Morgan fingerprint density at radius 1 is 1.48 bits per heavy atom. The Balaban J connectivity index is 1.74. The molecule has 6 nitrogen and oxygen atoms in total. The van der Waals surface area contributed by atoms with Crippen molar-refractivity contribution in [2.24, 2.45) is 7.05 Å². The van der Waals surface area contributed by atoms with E-state index in [0.717, 1.165) is 22.6 Å². The number of carbonyl (C=O) groups excluding carboxylic acids is 1. The van der Waals surface area contributed by atoms with Gasteiger partial charge < -0.3 is 5.32 Å². The van der Waals surface area contributed by atoms with Crippen molar-refractivity contribution in [2.45, 2.75) is 26.3 Å². The van der Waals surface area contributed by atoms with Crippen molar-refractivity contribution in [2.75, 3.05) is 0 Å². The van der Waals surface area contributed by atoms with E-state index in [2.05, 4.69) is 33.6 Å². The van der Waals surface area contributed by atoms with Crippen LogP contribution in [0.15, 0.2) is 30.6 Å². The van der Waals surface area contributed by atoms with E-state index < -0.39 is 0 Å². The molecule has 7 heteroatoms. The lowest BCUT2D eigenvalue weighted by Gasteiger charge is -2.14. The number of amides is 1. The van der Waals surface area contributed by atoms with Crippen LogP contribution in [0.3, 0.4) is 0 Å². The number of thiophene rings is 1. The molecule has 3 aromatic rings. The highest BCUT2D eigenvalue weighted by atomic mass is 32.1. The van der Waals surface area contributed by atoms with Crippen LogP contribution in [0.2, 0.25) is 0 Å². The highest BCUT2D eigenvalue weighted by Crippen LogP contribution is 2.26. The van der Waals surface area contributed by atoms with Crippen LogP contribution in [0.5, 0.6) is 0 Å². The number of nitrogens with one attached hydrogen (secondary N) is 2. The van der Waals surface area contributed by atoms with Crippen molar-refractivity contribution in [3.05, 3.63) is 46.7 Å². The fourth-order valence-corrected chi connectivity index (χ4v) is 3.25. The smallest absolute Gasteiger partial charge is 0.272 e. The standard InChI is InChI=1S/C16H19N5OS/c1-4-12(11-8-17-21(3)9-11)18-16(22)14-7-13(19-20-14)15-6-5-10(2)23-15/h5-9,12H,4H2,1-3H3,(H,18,22)(H,19,20). The first-order chi connectivity index (χ1) is 11.1. The molecule has 0 aliphatic rings. The van der Waals surface area contributed by atoms with Gasteiger partial charge in [0.05, 0.1) is 22.8 Å². The Hall–Kier alpha value is -2.41. The maximum absolute atomic E-state index is 12.4. The number of rotatable bonds is 5. The van der Waals surface area contributed by atoms with E-state index in [-0.39, 0.29) is 11.9 Å². The normalized spacial score (nSPS) is 12.3. The molecule has 1 unspecified atom stereocenters. The molecule has 3 aromatic heterocycles. The van der Waals surface area contributed by atoms with Crippen LogP contribution in [0, 0.1) is 6.92 Å². The average molecular weight is 329 g/mol. The molecule has 0 aromatic carbocycles. The summed E-state index contributed by atoms with van der Waals surface area (Å²) in [5.74, 6) is -0.184. The van der Waals surface area contributed by atoms with Gasteiger partial charge in [0.15, 0.2) is 5.69 Å². The van der Waals surface area contributed by atoms with E-state index in [1.165, 1.54) is 4.88 Å². The van der Waals surface area contributed by atoms with E-state index >= 15 is 0 Å². The number of aromatic amines is 1. The maximum Gasteiger partial charge on any atom is 0.272 e. The number of nitrogens with zero attached hydrogens (tertiary/aromatic N) is 3. The molecule has 0 spiro atoms. The largest absolute Gasteiger partial charge is 0.344 e. The summed E-state index contributed by atoms with van der Waals surface area (Å²) in [6.07, 6.45) is 4.48. The van der Waals surface area contributed by atoms with Crippen LogP contribution in [-0.2, 0) is 7.05 Å². The van der Waals surface area contributed by atoms with Gasteiger partial charge >= 0.3 is 0 Å². The van der Waals surface area contributed by atoms with E-state index in [9.17, 15) is 4.79 Å². The minimum atomic E-state index is -0.184. The zero-order valence-electron chi connectivity index (χ0n) is 13.3.